The van der Waals surface area contributed by atoms with E-state index in [9.17, 15) is 13.2 Å². The molecule has 166 valence electrons. The monoisotopic (exact) mass is 527 g/mol. The fourth-order valence-corrected chi connectivity index (χ4v) is 3.49. The molecule has 5 nitrogen and oxygen atoms in total. The van der Waals surface area contributed by atoms with Crippen LogP contribution in [-0.2, 0) is 13.1 Å². The maximum atomic E-state index is 12.5. The SMILES string of the molecule is CCN(CC)Cc1ccccc1CNC(=NC)NC1CCN(CC(F)(F)F)C1.I. The predicted molar refractivity (Wildman–Crippen MR) is 123 cm³/mol. The summed E-state index contributed by atoms with van der Waals surface area (Å²) >= 11 is 0. The molecule has 2 N–H and O–H groups in total. The van der Waals surface area contributed by atoms with Crippen LogP contribution < -0.4 is 10.6 Å². The minimum Gasteiger partial charge on any atom is -0.352 e. The first-order valence-electron chi connectivity index (χ1n) is 9.90. The van der Waals surface area contributed by atoms with Crippen molar-refractivity contribution in [3.05, 3.63) is 35.4 Å². The Hall–Kier alpha value is -1.07. The van der Waals surface area contributed by atoms with E-state index in [4.69, 9.17) is 0 Å². The van der Waals surface area contributed by atoms with Gasteiger partial charge >= 0.3 is 6.18 Å². The Labute approximate surface area is 189 Å². The van der Waals surface area contributed by atoms with Gasteiger partial charge in [-0.05, 0) is 30.6 Å². The van der Waals surface area contributed by atoms with Crippen molar-refractivity contribution in [2.24, 2.45) is 4.99 Å². The molecule has 0 radical (unpaired) electrons. The lowest BCUT2D eigenvalue weighted by Gasteiger charge is -2.22. The van der Waals surface area contributed by atoms with Crippen molar-refractivity contribution >= 4 is 29.9 Å². The molecular formula is C20H33F3IN5. The molecule has 29 heavy (non-hydrogen) atoms. The van der Waals surface area contributed by atoms with Crippen molar-refractivity contribution in [1.29, 1.82) is 0 Å². The summed E-state index contributed by atoms with van der Waals surface area (Å²) in [6, 6.07) is 8.27. The molecule has 1 unspecified atom stereocenters. The second-order valence-corrected chi connectivity index (χ2v) is 7.14. The van der Waals surface area contributed by atoms with Crippen molar-refractivity contribution in [2.45, 2.75) is 45.6 Å². The third-order valence-electron chi connectivity index (χ3n) is 5.09. The number of guanidine groups is 1. The van der Waals surface area contributed by atoms with Crippen LogP contribution in [-0.4, -0.2) is 67.7 Å². The molecule has 1 heterocycles. The number of hydrogen-bond acceptors (Lipinski definition) is 3. The minimum absolute atomic E-state index is 0. The zero-order valence-electron chi connectivity index (χ0n) is 17.4. The smallest absolute Gasteiger partial charge is 0.352 e. The minimum atomic E-state index is -4.15. The van der Waals surface area contributed by atoms with Crippen molar-refractivity contribution in [3.8, 4) is 0 Å². The first-order chi connectivity index (χ1) is 13.3. The van der Waals surface area contributed by atoms with Gasteiger partial charge < -0.3 is 10.6 Å². The van der Waals surface area contributed by atoms with Crippen molar-refractivity contribution in [1.82, 2.24) is 20.4 Å². The molecule has 1 atom stereocenters. The van der Waals surface area contributed by atoms with Crippen LogP contribution in [0.15, 0.2) is 29.3 Å². The lowest BCUT2D eigenvalue weighted by molar-refractivity contribution is -0.143. The summed E-state index contributed by atoms with van der Waals surface area (Å²) < 4.78 is 37.6. The molecule has 1 aliphatic rings. The summed E-state index contributed by atoms with van der Waals surface area (Å²) in [5.41, 5.74) is 2.47. The topological polar surface area (TPSA) is 42.9 Å². The lowest BCUT2D eigenvalue weighted by Crippen LogP contribution is -2.45. The number of aliphatic imine (C=N–C) groups is 1. The predicted octanol–water partition coefficient (Wildman–Crippen LogP) is 3.45. The van der Waals surface area contributed by atoms with Gasteiger partial charge in [0.15, 0.2) is 5.96 Å². The normalized spacial score (nSPS) is 18.0. The second-order valence-electron chi connectivity index (χ2n) is 7.14. The Morgan fingerprint density at radius 2 is 1.86 bits per heavy atom. The molecule has 1 fully saturated rings. The second kappa shape index (κ2) is 12.6. The highest BCUT2D eigenvalue weighted by molar-refractivity contribution is 14.0. The first kappa shape index (κ1) is 26.0. The summed E-state index contributed by atoms with van der Waals surface area (Å²) in [6.45, 7) is 7.78. The van der Waals surface area contributed by atoms with E-state index in [-0.39, 0.29) is 30.0 Å². The van der Waals surface area contributed by atoms with Gasteiger partial charge in [-0.25, -0.2) is 0 Å². The highest BCUT2D eigenvalue weighted by Gasteiger charge is 2.34. The van der Waals surface area contributed by atoms with E-state index in [0.29, 0.717) is 32.0 Å². The molecule has 0 saturated carbocycles. The van der Waals surface area contributed by atoms with Crippen LogP contribution in [0, 0.1) is 0 Å². The molecule has 0 bridgehead atoms. The van der Waals surface area contributed by atoms with E-state index in [1.807, 2.05) is 12.1 Å². The fourth-order valence-electron chi connectivity index (χ4n) is 3.49. The zero-order chi connectivity index (χ0) is 20.6. The number of nitrogens with one attached hydrogen (secondary N) is 2. The van der Waals surface area contributed by atoms with Crippen LogP contribution in [0.25, 0.3) is 0 Å². The highest BCUT2D eigenvalue weighted by Crippen LogP contribution is 2.20. The Bertz CT molecular complexity index is 635. The molecular weight excluding hydrogens is 494 g/mol. The summed E-state index contributed by atoms with van der Waals surface area (Å²) in [5.74, 6) is 0.622. The van der Waals surface area contributed by atoms with Gasteiger partial charge in [-0.3, -0.25) is 14.8 Å². The van der Waals surface area contributed by atoms with Gasteiger partial charge in [0.25, 0.3) is 0 Å². The highest BCUT2D eigenvalue weighted by atomic mass is 127. The summed E-state index contributed by atoms with van der Waals surface area (Å²) in [6.07, 6.45) is -3.47. The van der Waals surface area contributed by atoms with Crippen LogP contribution in [0.4, 0.5) is 13.2 Å². The third-order valence-corrected chi connectivity index (χ3v) is 5.09. The number of alkyl halides is 3. The van der Waals surface area contributed by atoms with Crippen LogP contribution >= 0.6 is 24.0 Å². The number of benzene rings is 1. The maximum Gasteiger partial charge on any atom is 0.401 e. The molecule has 0 spiro atoms. The van der Waals surface area contributed by atoms with Gasteiger partial charge in [0.1, 0.15) is 0 Å². The largest absolute Gasteiger partial charge is 0.401 e. The molecule has 1 aliphatic heterocycles. The molecule has 1 aromatic carbocycles. The molecule has 1 aromatic rings. The van der Waals surface area contributed by atoms with E-state index < -0.39 is 12.7 Å². The maximum absolute atomic E-state index is 12.5. The number of likely N-dealkylation sites (tertiary alicyclic amines) is 1. The Morgan fingerprint density at radius 3 is 2.45 bits per heavy atom. The van der Waals surface area contributed by atoms with Crippen LogP contribution in [0.2, 0.25) is 0 Å². The fraction of sp³-hybridized carbons (Fsp3) is 0.650. The molecule has 9 heteroatoms. The van der Waals surface area contributed by atoms with Gasteiger partial charge in [0.05, 0.1) is 6.54 Å². The molecule has 0 aromatic heterocycles. The number of halogens is 4. The summed E-state index contributed by atoms with van der Waals surface area (Å²) in [7, 11) is 1.68. The van der Waals surface area contributed by atoms with Crippen LogP contribution in [0.3, 0.4) is 0 Å². The standard InChI is InChI=1S/C20H32F3N5.HI/c1-4-27(5-2)13-17-9-7-6-8-16(17)12-25-19(24-3)26-18-10-11-28(14-18)15-20(21,22)23;/h6-9,18H,4-5,10-15H2,1-3H3,(H2,24,25,26);1H. The quantitative estimate of drug-likeness (QED) is 0.309. The van der Waals surface area contributed by atoms with E-state index in [2.05, 4.69) is 46.5 Å². The number of rotatable bonds is 8. The average molecular weight is 527 g/mol. The van der Waals surface area contributed by atoms with Gasteiger partial charge in [-0.2, -0.15) is 13.2 Å². The zero-order valence-corrected chi connectivity index (χ0v) is 19.8. The Morgan fingerprint density at radius 1 is 1.21 bits per heavy atom. The summed E-state index contributed by atoms with van der Waals surface area (Å²) in [5, 5.41) is 6.56. The van der Waals surface area contributed by atoms with E-state index in [0.717, 1.165) is 19.6 Å². The van der Waals surface area contributed by atoms with E-state index in [1.54, 1.807) is 7.05 Å². The van der Waals surface area contributed by atoms with Gasteiger partial charge in [-0.1, -0.05) is 38.1 Å². The molecule has 0 amide bonds. The average Bonchev–Trinajstić information content (AvgIpc) is 3.08. The van der Waals surface area contributed by atoms with E-state index in [1.165, 1.54) is 16.0 Å². The van der Waals surface area contributed by atoms with Gasteiger partial charge in [-0.15, -0.1) is 24.0 Å². The van der Waals surface area contributed by atoms with E-state index >= 15 is 0 Å². The van der Waals surface area contributed by atoms with Crippen molar-refractivity contribution in [3.63, 3.8) is 0 Å². The molecule has 1 saturated heterocycles. The lowest BCUT2D eigenvalue weighted by atomic mass is 10.1. The molecule has 0 aliphatic carbocycles. The van der Waals surface area contributed by atoms with Crippen LogP contribution in [0.5, 0.6) is 0 Å². The number of hydrogen-bond donors (Lipinski definition) is 2. The Balaban J connectivity index is 0.00000420. The van der Waals surface area contributed by atoms with Crippen LogP contribution in [0.1, 0.15) is 31.4 Å². The third kappa shape index (κ3) is 9.08. The van der Waals surface area contributed by atoms with Gasteiger partial charge in [0.2, 0.25) is 0 Å². The van der Waals surface area contributed by atoms with Crippen molar-refractivity contribution in [2.75, 3.05) is 39.8 Å². The van der Waals surface area contributed by atoms with Crippen molar-refractivity contribution < 1.29 is 13.2 Å². The Kier molecular flexibility index (Phi) is 11.3. The summed E-state index contributed by atoms with van der Waals surface area (Å²) in [4.78, 5) is 8.03. The van der Waals surface area contributed by atoms with Gasteiger partial charge in [0, 0.05) is 39.3 Å². The number of nitrogens with zero attached hydrogens (tertiary/aromatic N) is 3. The first-order valence-corrected chi connectivity index (χ1v) is 9.90. The molecule has 2 rings (SSSR count).